The van der Waals surface area contributed by atoms with Crippen LogP contribution in [0.1, 0.15) is 98.1 Å². The Hall–Kier alpha value is -5.18. The molecule has 4 unspecified atom stereocenters. The molecule has 6 aromatic rings. The first kappa shape index (κ1) is 51.0. The number of piperidine rings is 2. The van der Waals surface area contributed by atoms with Crippen LogP contribution in [-0.2, 0) is 18.9 Å². The van der Waals surface area contributed by atoms with Gasteiger partial charge in [-0.05, 0) is 165 Å². The lowest BCUT2D eigenvalue weighted by molar-refractivity contribution is -0.0145. The van der Waals surface area contributed by atoms with E-state index < -0.39 is 12.2 Å². The molecule has 6 aliphatic rings. The molecule has 0 aliphatic carbocycles. The van der Waals surface area contributed by atoms with Crippen molar-refractivity contribution in [1.29, 1.82) is 0 Å². The lowest BCUT2D eigenvalue weighted by atomic mass is 9.86. The number of likely N-dealkylation sites (tertiary alicyclic amines) is 2. The van der Waals surface area contributed by atoms with Gasteiger partial charge in [0.05, 0.1) is 74.3 Å². The Bertz CT molecular complexity index is 2670. The lowest BCUT2D eigenvalue weighted by Gasteiger charge is -2.40. The Morgan fingerprint density at radius 3 is 1.30 bits per heavy atom. The first-order valence-electron chi connectivity index (χ1n) is 27.3. The molecule has 12 rings (SSSR count). The fourth-order valence-electron chi connectivity index (χ4n) is 12.1. The molecule has 6 aliphatic heterocycles. The van der Waals surface area contributed by atoms with Crippen LogP contribution in [0.5, 0.6) is 0 Å². The summed E-state index contributed by atoms with van der Waals surface area (Å²) in [6, 6.07) is 14.5. The summed E-state index contributed by atoms with van der Waals surface area (Å²) < 4.78 is 26.6. The maximum atomic E-state index is 9.47. The number of aliphatic hydroxyl groups is 2. The fraction of sp³-hybridized carbons (Fsp3) is 0.607. The van der Waals surface area contributed by atoms with Crippen molar-refractivity contribution < 1.29 is 29.2 Å². The topological polar surface area (TPSA) is 178 Å². The first-order valence-corrected chi connectivity index (χ1v) is 27.3. The van der Waals surface area contributed by atoms with Crippen LogP contribution < -0.4 is 9.80 Å². The van der Waals surface area contributed by atoms with E-state index in [2.05, 4.69) is 67.7 Å². The summed E-state index contributed by atoms with van der Waals surface area (Å²) in [5.41, 5.74) is 7.75. The van der Waals surface area contributed by atoms with E-state index in [0.717, 1.165) is 136 Å². The highest BCUT2D eigenvalue weighted by Gasteiger charge is 2.33. The largest absolute Gasteiger partial charge is 0.391 e. The van der Waals surface area contributed by atoms with Gasteiger partial charge in [-0.1, -0.05) is 0 Å². The molecule has 0 radical (unpaired) electrons. The first-order chi connectivity index (χ1) is 35.9. The predicted molar refractivity (Wildman–Crippen MR) is 285 cm³/mol. The van der Waals surface area contributed by atoms with E-state index in [1.165, 1.54) is 60.8 Å². The minimum absolute atomic E-state index is 0.122. The number of nitrogens with zero attached hydrogens (tertiary/aromatic N) is 12. The highest BCUT2D eigenvalue weighted by molar-refractivity contribution is 5.83. The summed E-state index contributed by atoms with van der Waals surface area (Å²) in [5.74, 6) is 5.92. The van der Waals surface area contributed by atoms with E-state index in [1.54, 1.807) is 13.8 Å². The molecule has 6 fully saturated rings. The highest BCUT2D eigenvalue weighted by atomic mass is 16.5. The van der Waals surface area contributed by atoms with Crippen molar-refractivity contribution >= 4 is 33.4 Å². The Morgan fingerprint density at radius 2 is 0.932 bits per heavy atom. The number of aryl methyl sites for hydroxylation is 4. The third-order valence-corrected chi connectivity index (χ3v) is 16.2. The Labute approximate surface area is 435 Å². The summed E-state index contributed by atoms with van der Waals surface area (Å²) in [4.78, 5) is 28.5. The van der Waals surface area contributed by atoms with Crippen molar-refractivity contribution in [2.45, 2.75) is 128 Å². The highest BCUT2D eigenvalue weighted by Crippen LogP contribution is 2.37. The molecular formula is C56H76N12O6. The van der Waals surface area contributed by atoms with Gasteiger partial charge < -0.3 is 39.0 Å². The molecule has 4 atom stereocenters. The van der Waals surface area contributed by atoms with Crippen molar-refractivity contribution in [3.63, 3.8) is 0 Å². The van der Waals surface area contributed by atoms with E-state index in [1.807, 2.05) is 47.7 Å². The smallest absolute Gasteiger partial charge is 0.159 e. The van der Waals surface area contributed by atoms with Crippen LogP contribution in [0.2, 0.25) is 0 Å². The van der Waals surface area contributed by atoms with E-state index in [-0.39, 0.29) is 12.2 Å². The number of rotatable bonds is 14. The molecule has 0 spiro atoms. The second kappa shape index (κ2) is 22.2. The van der Waals surface area contributed by atoms with E-state index in [9.17, 15) is 10.2 Å². The van der Waals surface area contributed by atoms with E-state index in [4.69, 9.17) is 39.1 Å². The molecule has 396 valence electrons. The SMILES string of the molecule is Cc1nc(N2CC(OCC(C)O)C2)cc(-n2ncc3cc(C)c(C4CCN(C5CCOC5)CC4)cc32)n1.Cc1nc(N2CC(OCC(C)O)C2)cc(-n2ncc3cc(C)c(C4CCN(C5CCOC5)CC4)cc32)n1. The third-order valence-electron chi connectivity index (χ3n) is 16.2. The van der Waals surface area contributed by atoms with Crippen LogP contribution in [-0.4, -0.2) is 188 Å². The zero-order chi connectivity index (χ0) is 51.0. The van der Waals surface area contributed by atoms with Gasteiger partial charge in [0, 0.05) is 74.4 Å². The maximum Gasteiger partial charge on any atom is 0.159 e. The summed E-state index contributed by atoms with van der Waals surface area (Å²) >= 11 is 0. The Morgan fingerprint density at radius 1 is 0.541 bits per heavy atom. The van der Waals surface area contributed by atoms with Crippen molar-refractivity contribution in [2.24, 2.45) is 0 Å². The number of aliphatic hydroxyl groups excluding tert-OH is 2. The average Bonchev–Trinajstić information content (AvgIpc) is 4.21. The molecule has 74 heavy (non-hydrogen) atoms. The molecule has 18 heteroatoms. The monoisotopic (exact) mass is 1010 g/mol. The van der Waals surface area contributed by atoms with Crippen LogP contribution in [0.15, 0.2) is 48.8 Å². The summed E-state index contributed by atoms with van der Waals surface area (Å²) in [6.07, 6.45) is 10.3. The molecular weight excluding hydrogens is 937 g/mol. The van der Waals surface area contributed by atoms with E-state index in [0.29, 0.717) is 37.1 Å². The van der Waals surface area contributed by atoms with Crippen LogP contribution in [0.4, 0.5) is 11.6 Å². The lowest BCUT2D eigenvalue weighted by Crippen LogP contribution is -2.53. The number of hydrogen-bond acceptors (Lipinski definition) is 16. The van der Waals surface area contributed by atoms with Gasteiger partial charge in [0.1, 0.15) is 23.3 Å². The zero-order valence-electron chi connectivity index (χ0n) is 44.3. The van der Waals surface area contributed by atoms with Crippen molar-refractivity contribution in [1.82, 2.24) is 49.3 Å². The Balaban J connectivity index is 0.000000159. The third kappa shape index (κ3) is 11.2. The normalized spacial score (nSPS) is 22.6. The van der Waals surface area contributed by atoms with Gasteiger partial charge in [-0.15, -0.1) is 0 Å². The van der Waals surface area contributed by atoms with Crippen LogP contribution in [0.25, 0.3) is 33.4 Å². The molecule has 6 saturated heterocycles. The van der Waals surface area contributed by atoms with Crippen LogP contribution >= 0.6 is 0 Å². The number of hydrogen-bond donors (Lipinski definition) is 2. The Kier molecular flexibility index (Phi) is 15.3. The molecule has 0 amide bonds. The van der Waals surface area contributed by atoms with Crippen molar-refractivity contribution in [3.8, 4) is 11.6 Å². The van der Waals surface area contributed by atoms with Gasteiger partial charge in [-0.25, -0.2) is 29.3 Å². The number of benzene rings is 2. The standard InChI is InChI=1S/2C28H38N6O3/c2*1-18-10-22-13-29-34(26(22)11-25(18)21-4-7-32(8-5-21)23-6-9-36-17-23)28-12-27(30-20(3)31-28)33-14-24(15-33)37-16-19(2)35/h2*10-13,19,21,23-24,35H,4-9,14-17H2,1-3H3. The predicted octanol–water partition coefficient (Wildman–Crippen LogP) is 5.97. The van der Waals surface area contributed by atoms with Gasteiger partial charge in [0.25, 0.3) is 0 Å². The second-order valence-electron chi connectivity index (χ2n) is 22.0. The number of aromatic nitrogens is 8. The molecule has 0 saturated carbocycles. The van der Waals surface area contributed by atoms with Gasteiger partial charge in [-0.2, -0.15) is 10.2 Å². The zero-order valence-corrected chi connectivity index (χ0v) is 44.3. The maximum absolute atomic E-state index is 9.47. The fourth-order valence-corrected chi connectivity index (χ4v) is 12.1. The minimum atomic E-state index is -0.446. The summed E-state index contributed by atoms with van der Waals surface area (Å²) in [6.45, 7) is 23.7. The molecule has 18 nitrogen and oxygen atoms in total. The molecule has 2 N–H and O–H groups in total. The van der Waals surface area contributed by atoms with Crippen LogP contribution in [0, 0.1) is 27.7 Å². The van der Waals surface area contributed by atoms with Crippen LogP contribution in [0.3, 0.4) is 0 Å². The van der Waals surface area contributed by atoms with E-state index >= 15 is 0 Å². The average molecular weight is 1010 g/mol. The van der Waals surface area contributed by atoms with Crippen molar-refractivity contribution in [2.75, 3.05) is 102 Å². The number of ether oxygens (including phenoxy) is 4. The van der Waals surface area contributed by atoms with Gasteiger partial charge >= 0.3 is 0 Å². The summed E-state index contributed by atoms with van der Waals surface area (Å²) in [5, 5.41) is 30.7. The quantitative estimate of drug-likeness (QED) is 0.130. The molecule has 4 aromatic heterocycles. The molecule has 10 heterocycles. The number of anilines is 2. The second-order valence-corrected chi connectivity index (χ2v) is 22.0. The van der Waals surface area contributed by atoms with Gasteiger partial charge in [-0.3, -0.25) is 9.80 Å². The molecule has 2 aromatic carbocycles. The number of fused-ring (bicyclic) bond motifs is 2. The summed E-state index contributed by atoms with van der Waals surface area (Å²) in [7, 11) is 0. The van der Waals surface area contributed by atoms with Gasteiger partial charge in [0.15, 0.2) is 11.6 Å². The molecule has 0 bridgehead atoms. The minimum Gasteiger partial charge on any atom is -0.391 e. The van der Waals surface area contributed by atoms with Gasteiger partial charge in [0.2, 0.25) is 0 Å². The van der Waals surface area contributed by atoms with Crippen molar-refractivity contribution in [3.05, 3.63) is 82.7 Å².